The van der Waals surface area contributed by atoms with Gasteiger partial charge in [0.1, 0.15) is 6.61 Å². The number of hydrogen-bond acceptors (Lipinski definition) is 3. The Bertz CT molecular complexity index is 1120. The van der Waals surface area contributed by atoms with Gasteiger partial charge in [0.25, 0.3) is 0 Å². The van der Waals surface area contributed by atoms with Crippen LogP contribution in [-0.4, -0.2) is 12.4 Å². The van der Waals surface area contributed by atoms with Crippen LogP contribution in [0.4, 0.5) is 0 Å². The van der Waals surface area contributed by atoms with E-state index >= 15 is 0 Å². The van der Waals surface area contributed by atoms with Crippen molar-refractivity contribution in [1.29, 1.82) is 0 Å². The van der Waals surface area contributed by atoms with Crippen LogP contribution in [0, 0.1) is 3.57 Å². The molecule has 0 aromatic heterocycles. The van der Waals surface area contributed by atoms with E-state index in [1.54, 1.807) is 0 Å². The van der Waals surface area contributed by atoms with Crippen molar-refractivity contribution in [2.24, 2.45) is 0 Å². The average Bonchev–Trinajstić information content (AvgIpc) is 3.04. The van der Waals surface area contributed by atoms with Gasteiger partial charge in [-0.05, 0) is 76.5 Å². The molecule has 1 aliphatic rings. The van der Waals surface area contributed by atoms with Crippen LogP contribution in [0.1, 0.15) is 34.0 Å². The molecule has 30 heavy (non-hydrogen) atoms. The summed E-state index contributed by atoms with van der Waals surface area (Å²) in [7, 11) is 0. The number of ketones is 1. The molecule has 0 saturated heterocycles. The van der Waals surface area contributed by atoms with Crippen molar-refractivity contribution in [2.45, 2.75) is 20.0 Å². The number of fused-ring (bicyclic) bond motifs is 1. The SMILES string of the molecule is CCOc1cc(/C=C2\Cc3ccccc3C2=O)cc(I)c1OCc1ccc(Br)cc1. The second-order valence-corrected chi connectivity index (χ2v) is 9.09. The van der Waals surface area contributed by atoms with Crippen LogP contribution in [0.3, 0.4) is 0 Å². The summed E-state index contributed by atoms with van der Waals surface area (Å²) in [5.41, 5.74) is 4.71. The second kappa shape index (κ2) is 9.35. The maximum absolute atomic E-state index is 12.7. The van der Waals surface area contributed by atoms with Gasteiger partial charge in [0, 0.05) is 22.0 Å². The molecule has 0 aliphatic heterocycles. The number of halogens is 2. The van der Waals surface area contributed by atoms with E-state index in [-0.39, 0.29) is 5.78 Å². The molecule has 152 valence electrons. The molecule has 0 amide bonds. The van der Waals surface area contributed by atoms with E-state index in [1.165, 1.54) is 0 Å². The van der Waals surface area contributed by atoms with Gasteiger partial charge in [-0.3, -0.25) is 4.79 Å². The summed E-state index contributed by atoms with van der Waals surface area (Å²) in [5.74, 6) is 1.52. The quantitative estimate of drug-likeness (QED) is 0.238. The smallest absolute Gasteiger partial charge is 0.189 e. The van der Waals surface area contributed by atoms with Crippen LogP contribution in [0.2, 0.25) is 0 Å². The van der Waals surface area contributed by atoms with Crippen LogP contribution < -0.4 is 9.47 Å². The Morgan fingerprint density at radius 2 is 1.83 bits per heavy atom. The number of carbonyl (C=O) groups is 1. The van der Waals surface area contributed by atoms with Crippen molar-refractivity contribution in [3.05, 3.63) is 96.5 Å². The summed E-state index contributed by atoms with van der Waals surface area (Å²) in [6.07, 6.45) is 2.63. The van der Waals surface area contributed by atoms with Crippen molar-refractivity contribution in [1.82, 2.24) is 0 Å². The van der Waals surface area contributed by atoms with Crippen molar-refractivity contribution < 1.29 is 14.3 Å². The third kappa shape index (κ3) is 4.62. The molecule has 0 spiro atoms. The van der Waals surface area contributed by atoms with E-state index in [2.05, 4.69) is 38.5 Å². The highest BCUT2D eigenvalue weighted by Crippen LogP contribution is 2.36. The van der Waals surface area contributed by atoms with E-state index in [9.17, 15) is 4.79 Å². The standard InChI is InChI=1S/C25H20BrIO3/c1-2-29-23-13-17(11-19-14-18-5-3-4-6-21(18)24(19)28)12-22(27)25(23)30-15-16-7-9-20(26)10-8-16/h3-13H,2,14-15H2,1H3/b19-11+. The number of carbonyl (C=O) groups excluding carboxylic acids is 1. The Hall–Kier alpha value is -2.12. The first-order valence-electron chi connectivity index (χ1n) is 9.72. The van der Waals surface area contributed by atoms with Crippen LogP contribution in [-0.2, 0) is 13.0 Å². The zero-order valence-corrected chi connectivity index (χ0v) is 20.2. The predicted molar refractivity (Wildman–Crippen MR) is 131 cm³/mol. The van der Waals surface area contributed by atoms with Gasteiger partial charge in [-0.25, -0.2) is 0 Å². The zero-order chi connectivity index (χ0) is 21.1. The summed E-state index contributed by atoms with van der Waals surface area (Å²) in [5, 5.41) is 0. The number of Topliss-reactive ketones (excluding diaryl/α,β-unsaturated/α-hetero) is 1. The van der Waals surface area contributed by atoms with Crippen molar-refractivity contribution >= 4 is 50.4 Å². The molecule has 0 bridgehead atoms. The highest BCUT2D eigenvalue weighted by Gasteiger charge is 2.24. The molecule has 4 rings (SSSR count). The van der Waals surface area contributed by atoms with Gasteiger partial charge in [0.15, 0.2) is 17.3 Å². The predicted octanol–water partition coefficient (Wildman–Crippen LogP) is 6.85. The van der Waals surface area contributed by atoms with Gasteiger partial charge < -0.3 is 9.47 Å². The normalized spacial score (nSPS) is 14.1. The topological polar surface area (TPSA) is 35.5 Å². The summed E-state index contributed by atoms with van der Waals surface area (Å²) < 4.78 is 14.0. The summed E-state index contributed by atoms with van der Waals surface area (Å²) >= 11 is 5.72. The molecule has 0 heterocycles. The lowest BCUT2D eigenvalue weighted by Gasteiger charge is -2.15. The largest absolute Gasteiger partial charge is 0.490 e. The summed E-state index contributed by atoms with van der Waals surface area (Å²) in [4.78, 5) is 12.7. The Morgan fingerprint density at radius 3 is 2.57 bits per heavy atom. The molecule has 0 N–H and O–H groups in total. The average molecular weight is 575 g/mol. The Morgan fingerprint density at radius 1 is 1.07 bits per heavy atom. The highest BCUT2D eigenvalue weighted by molar-refractivity contribution is 14.1. The van der Waals surface area contributed by atoms with Crippen LogP contribution in [0.5, 0.6) is 11.5 Å². The molecule has 3 aromatic carbocycles. The maximum atomic E-state index is 12.7. The number of hydrogen-bond donors (Lipinski definition) is 0. The van der Waals surface area contributed by atoms with Gasteiger partial charge in [-0.1, -0.05) is 52.3 Å². The minimum atomic E-state index is 0.106. The van der Waals surface area contributed by atoms with Crippen LogP contribution in [0.25, 0.3) is 6.08 Å². The Balaban J connectivity index is 1.60. The zero-order valence-electron chi connectivity index (χ0n) is 16.5. The van der Waals surface area contributed by atoms with Crippen LogP contribution >= 0.6 is 38.5 Å². The lowest BCUT2D eigenvalue weighted by atomic mass is 10.1. The third-order valence-electron chi connectivity index (χ3n) is 4.90. The van der Waals surface area contributed by atoms with E-state index in [0.29, 0.717) is 25.4 Å². The fraction of sp³-hybridized carbons (Fsp3) is 0.160. The Labute approximate surface area is 198 Å². The van der Waals surface area contributed by atoms with Gasteiger partial charge >= 0.3 is 0 Å². The van der Waals surface area contributed by atoms with Gasteiger partial charge in [0.05, 0.1) is 10.2 Å². The lowest BCUT2D eigenvalue weighted by molar-refractivity contribution is 0.104. The number of rotatable bonds is 6. The van der Waals surface area contributed by atoms with Gasteiger partial charge in [-0.15, -0.1) is 0 Å². The minimum absolute atomic E-state index is 0.106. The molecular formula is C25H20BrIO3. The maximum Gasteiger partial charge on any atom is 0.189 e. The van der Waals surface area contributed by atoms with Crippen molar-refractivity contribution in [3.63, 3.8) is 0 Å². The first-order chi connectivity index (χ1) is 14.5. The van der Waals surface area contributed by atoms with Gasteiger partial charge in [-0.2, -0.15) is 0 Å². The fourth-order valence-electron chi connectivity index (χ4n) is 3.48. The molecule has 1 aliphatic carbocycles. The molecule has 0 fully saturated rings. The highest BCUT2D eigenvalue weighted by atomic mass is 127. The van der Waals surface area contributed by atoms with Crippen LogP contribution in [0.15, 0.2) is 70.7 Å². The molecule has 0 atom stereocenters. The number of allylic oxidation sites excluding steroid dienone is 1. The molecule has 5 heteroatoms. The molecule has 3 aromatic rings. The van der Waals surface area contributed by atoms with E-state index in [1.807, 2.05) is 73.7 Å². The van der Waals surface area contributed by atoms with Crippen molar-refractivity contribution in [3.8, 4) is 11.5 Å². The number of benzene rings is 3. The molecule has 0 saturated carbocycles. The van der Waals surface area contributed by atoms with E-state index < -0.39 is 0 Å². The minimum Gasteiger partial charge on any atom is -0.490 e. The fourth-order valence-corrected chi connectivity index (χ4v) is 4.53. The summed E-state index contributed by atoms with van der Waals surface area (Å²) in [6, 6.07) is 19.8. The van der Waals surface area contributed by atoms with E-state index in [0.717, 1.165) is 41.6 Å². The lowest BCUT2D eigenvalue weighted by Crippen LogP contribution is -2.02. The first-order valence-corrected chi connectivity index (χ1v) is 11.6. The van der Waals surface area contributed by atoms with Crippen molar-refractivity contribution in [2.75, 3.05) is 6.61 Å². The summed E-state index contributed by atoms with van der Waals surface area (Å²) in [6.45, 7) is 2.94. The monoisotopic (exact) mass is 574 g/mol. The first kappa shape index (κ1) is 21.1. The van der Waals surface area contributed by atoms with E-state index in [4.69, 9.17) is 9.47 Å². The second-order valence-electron chi connectivity index (χ2n) is 7.01. The molecule has 3 nitrogen and oxygen atoms in total. The molecule has 0 radical (unpaired) electrons. The third-order valence-corrected chi connectivity index (χ3v) is 6.23. The Kier molecular flexibility index (Phi) is 6.58. The molecular weight excluding hydrogens is 555 g/mol. The van der Waals surface area contributed by atoms with Gasteiger partial charge in [0.2, 0.25) is 0 Å². The number of ether oxygens (including phenoxy) is 2. The molecule has 0 unspecified atom stereocenters.